The Labute approximate surface area is 119 Å². The maximum atomic E-state index is 5.74. The van der Waals surface area contributed by atoms with Gasteiger partial charge >= 0.3 is 0 Å². The topological polar surface area (TPSA) is 34.4 Å². The van der Waals surface area contributed by atoms with E-state index in [2.05, 4.69) is 29.6 Å². The number of hydrogen-bond acceptors (Lipinski definition) is 3. The molecule has 1 aliphatic rings. The summed E-state index contributed by atoms with van der Waals surface area (Å²) in [5, 5.41) is 3.42. The third-order valence-electron chi connectivity index (χ3n) is 4.23. The van der Waals surface area contributed by atoms with Crippen molar-refractivity contribution in [3.05, 3.63) is 53.5 Å². The second kappa shape index (κ2) is 5.71. The molecule has 3 heteroatoms. The molecule has 1 aliphatic heterocycles. The lowest BCUT2D eigenvalue weighted by Gasteiger charge is -2.29. The number of benzene rings is 1. The minimum Gasteiger partial charge on any atom is -0.493 e. The Bertz CT molecular complexity index is 576. The van der Waals surface area contributed by atoms with E-state index in [0.717, 1.165) is 31.0 Å². The zero-order valence-electron chi connectivity index (χ0n) is 12.1. The van der Waals surface area contributed by atoms with E-state index in [0.29, 0.717) is 12.0 Å². The molecule has 0 saturated heterocycles. The Morgan fingerprint density at radius 1 is 1.30 bits per heavy atom. The fourth-order valence-corrected chi connectivity index (χ4v) is 3.10. The van der Waals surface area contributed by atoms with E-state index in [4.69, 9.17) is 9.15 Å². The van der Waals surface area contributed by atoms with Crippen LogP contribution >= 0.6 is 0 Å². The smallest absolute Gasteiger partial charge is 0.122 e. The van der Waals surface area contributed by atoms with E-state index in [1.807, 2.05) is 20.0 Å². The van der Waals surface area contributed by atoms with E-state index in [9.17, 15) is 0 Å². The highest BCUT2D eigenvalue weighted by Gasteiger charge is 2.25. The van der Waals surface area contributed by atoms with Crippen molar-refractivity contribution in [1.29, 1.82) is 0 Å². The highest BCUT2D eigenvalue weighted by Crippen LogP contribution is 2.39. The summed E-state index contributed by atoms with van der Waals surface area (Å²) in [4.78, 5) is 0. The number of fused-ring (bicyclic) bond motifs is 1. The maximum Gasteiger partial charge on any atom is 0.122 e. The Morgan fingerprint density at radius 2 is 2.15 bits per heavy atom. The fourth-order valence-electron chi connectivity index (χ4n) is 3.10. The quantitative estimate of drug-likeness (QED) is 0.918. The number of para-hydroxylation sites is 1. The summed E-state index contributed by atoms with van der Waals surface area (Å²) in [6.07, 6.45) is 3.91. The first-order valence-electron chi connectivity index (χ1n) is 7.22. The first-order valence-corrected chi connectivity index (χ1v) is 7.22. The number of rotatable bonds is 4. The molecule has 1 aromatic heterocycles. The van der Waals surface area contributed by atoms with Gasteiger partial charge in [0.15, 0.2) is 0 Å². The lowest BCUT2D eigenvalue weighted by atomic mass is 9.85. The van der Waals surface area contributed by atoms with Crippen LogP contribution in [-0.4, -0.2) is 13.7 Å². The van der Waals surface area contributed by atoms with Gasteiger partial charge in [0.1, 0.15) is 11.5 Å². The molecule has 2 heterocycles. The lowest BCUT2D eigenvalue weighted by Crippen LogP contribution is -2.22. The van der Waals surface area contributed by atoms with E-state index in [1.165, 1.54) is 11.1 Å². The summed E-state index contributed by atoms with van der Waals surface area (Å²) in [6, 6.07) is 10.8. The maximum absolute atomic E-state index is 5.74. The van der Waals surface area contributed by atoms with E-state index < -0.39 is 0 Å². The van der Waals surface area contributed by atoms with Gasteiger partial charge in [-0.25, -0.2) is 0 Å². The van der Waals surface area contributed by atoms with Crippen molar-refractivity contribution in [2.45, 2.75) is 31.7 Å². The van der Waals surface area contributed by atoms with Gasteiger partial charge in [0.2, 0.25) is 0 Å². The second-order valence-corrected chi connectivity index (χ2v) is 5.38. The van der Waals surface area contributed by atoms with Crippen molar-refractivity contribution in [3.63, 3.8) is 0 Å². The van der Waals surface area contributed by atoms with Crippen LogP contribution in [0.1, 0.15) is 41.7 Å². The molecule has 2 atom stereocenters. The van der Waals surface area contributed by atoms with Gasteiger partial charge in [-0.1, -0.05) is 18.2 Å². The molecule has 3 rings (SSSR count). The minimum atomic E-state index is 0.324. The molecule has 0 saturated carbocycles. The summed E-state index contributed by atoms with van der Waals surface area (Å²) >= 11 is 0. The molecule has 0 radical (unpaired) electrons. The molecule has 2 aromatic rings. The van der Waals surface area contributed by atoms with Gasteiger partial charge in [-0.2, -0.15) is 0 Å². The average molecular weight is 271 g/mol. The summed E-state index contributed by atoms with van der Waals surface area (Å²) in [5.41, 5.74) is 2.59. The summed E-state index contributed by atoms with van der Waals surface area (Å²) in [7, 11) is 2.02. The van der Waals surface area contributed by atoms with Crippen LogP contribution in [0.4, 0.5) is 0 Å². The van der Waals surface area contributed by atoms with Gasteiger partial charge in [0.05, 0.1) is 12.9 Å². The predicted octanol–water partition coefficient (Wildman–Crippen LogP) is 3.80. The van der Waals surface area contributed by atoms with Crippen molar-refractivity contribution < 1.29 is 9.15 Å². The largest absolute Gasteiger partial charge is 0.493 e. The van der Waals surface area contributed by atoms with Crippen molar-refractivity contribution in [2.24, 2.45) is 0 Å². The van der Waals surface area contributed by atoms with Crippen molar-refractivity contribution in [3.8, 4) is 5.75 Å². The van der Waals surface area contributed by atoms with E-state index in [1.54, 1.807) is 6.26 Å². The standard InChI is InChI=1S/C17H21NO2/c1-12-14(8-10-19-12)16(18-2)11-13-7-9-20-17-6-4-3-5-15(13)17/h3-6,8,10,13,16,18H,7,9,11H2,1-2H3. The van der Waals surface area contributed by atoms with E-state index >= 15 is 0 Å². The van der Waals surface area contributed by atoms with Crippen LogP contribution in [0.2, 0.25) is 0 Å². The SMILES string of the molecule is CNC(CC1CCOc2ccccc21)c1ccoc1C. The van der Waals surface area contributed by atoms with Crippen molar-refractivity contribution in [2.75, 3.05) is 13.7 Å². The van der Waals surface area contributed by atoms with Crippen molar-refractivity contribution in [1.82, 2.24) is 5.32 Å². The van der Waals surface area contributed by atoms with Crippen LogP contribution in [0.3, 0.4) is 0 Å². The number of ether oxygens (including phenoxy) is 1. The fraction of sp³-hybridized carbons (Fsp3) is 0.412. The third kappa shape index (κ3) is 2.46. The second-order valence-electron chi connectivity index (χ2n) is 5.38. The molecule has 0 aliphatic carbocycles. The Balaban J connectivity index is 1.82. The molecule has 3 nitrogen and oxygen atoms in total. The van der Waals surface area contributed by atoms with Gasteiger partial charge < -0.3 is 14.5 Å². The molecule has 106 valence electrons. The molecule has 1 N–H and O–H groups in total. The Kier molecular flexibility index (Phi) is 3.79. The van der Waals surface area contributed by atoms with Crippen LogP contribution in [0.5, 0.6) is 5.75 Å². The van der Waals surface area contributed by atoms with Gasteiger partial charge in [-0.15, -0.1) is 0 Å². The third-order valence-corrected chi connectivity index (χ3v) is 4.23. The van der Waals surface area contributed by atoms with Gasteiger partial charge in [0.25, 0.3) is 0 Å². The summed E-state index contributed by atoms with van der Waals surface area (Å²) < 4.78 is 11.2. The van der Waals surface area contributed by atoms with E-state index in [-0.39, 0.29) is 0 Å². The average Bonchev–Trinajstić information content (AvgIpc) is 2.91. The monoisotopic (exact) mass is 271 g/mol. The number of aryl methyl sites for hydroxylation is 1. The summed E-state index contributed by atoms with van der Waals surface area (Å²) in [5.74, 6) is 2.58. The van der Waals surface area contributed by atoms with Crippen LogP contribution in [-0.2, 0) is 0 Å². The summed E-state index contributed by atoms with van der Waals surface area (Å²) in [6.45, 7) is 2.83. The van der Waals surface area contributed by atoms with Crippen molar-refractivity contribution >= 4 is 0 Å². The minimum absolute atomic E-state index is 0.324. The molecule has 0 amide bonds. The molecule has 2 unspecified atom stereocenters. The Morgan fingerprint density at radius 3 is 2.90 bits per heavy atom. The zero-order valence-corrected chi connectivity index (χ0v) is 12.1. The molecule has 0 bridgehead atoms. The van der Waals surface area contributed by atoms with Crippen LogP contribution in [0.25, 0.3) is 0 Å². The highest BCUT2D eigenvalue weighted by atomic mass is 16.5. The van der Waals surface area contributed by atoms with Crippen LogP contribution in [0, 0.1) is 6.92 Å². The zero-order chi connectivity index (χ0) is 13.9. The van der Waals surface area contributed by atoms with Gasteiger partial charge in [-0.05, 0) is 50.4 Å². The van der Waals surface area contributed by atoms with Gasteiger partial charge in [0, 0.05) is 11.6 Å². The van der Waals surface area contributed by atoms with Gasteiger partial charge in [-0.3, -0.25) is 0 Å². The van der Waals surface area contributed by atoms with Crippen LogP contribution in [0.15, 0.2) is 41.0 Å². The lowest BCUT2D eigenvalue weighted by molar-refractivity contribution is 0.256. The number of hydrogen-bond donors (Lipinski definition) is 1. The number of nitrogens with one attached hydrogen (secondary N) is 1. The Hall–Kier alpha value is -1.74. The molecular weight excluding hydrogens is 250 g/mol. The molecule has 0 fully saturated rings. The molecular formula is C17H21NO2. The molecule has 1 aromatic carbocycles. The first-order chi connectivity index (χ1) is 9.79. The number of furan rings is 1. The molecule has 0 spiro atoms. The predicted molar refractivity (Wildman–Crippen MR) is 79.2 cm³/mol. The normalized spacial score (nSPS) is 19.2. The highest BCUT2D eigenvalue weighted by molar-refractivity contribution is 5.38. The first kappa shape index (κ1) is 13.3. The molecule has 20 heavy (non-hydrogen) atoms. The van der Waals surface area contributed by atoms with Crippen LogP contribution < -0.4 is 10.1 Å².